The third-order valence-electron chi connectivity index (χ3n) is 2.57. The average molecular weight is 180 g/mol. The van der Waals surface area contributed by atoms with E-state index in [1.807, 2.05) is 0 Å². The standard InChI is InChI=1S/C10H16N2O/c1-3-4-7-12(2)9(13)10(8-11)5-6-10/h3-7H2,1-2H3. The number of hydrogen-bond donors (Lipinski definition) is 0. The van der Waals surface area contributed by atoms with Gasteiger partial charge in [0.25, 0.3) is 0 Å². The molecule has 0 atom stereocenters. The molecule has 0 N–H and O–H groups in total. The topological polar surface area (TPSA) is 44.1 Å². The van der Waals surface area contributed by atoms with Gasteiger partial charge in [0.1, 0.15) is 5.41 Å². The fourth-order valence-corrected chi connectivity index (χ4v) is 1.36. The van der Waals surface area contributed by atoms with Crippen molar-refractivity contribution in [1.82, 2.24) is 4.90 Å². The maximum atomic E-state index is 11.7. The first kappa shape index (κ1) is 10.0. The summed E-state index contributed by atoms with van der Waals surface area (Å²) in [6.45, 7) is 2.87. The second-order valence-corrected chi connectivity index (χ2v) is 3.77. The normalized spacial score (nSPS) is 17.6. The van der Waals surface area contributed by atoms with Gasteiger partial charge in [0.05, 0.1) is 6.07 Å². The van der Waals surface area contributed by atoms with Crippen LogP contribution >= 0.6 is 0 Å². The van der Waals surface area contributed by atoms with Gasteiger partial charge >= 0.3 is 0 Å². The largest absolute Gasteiger partial charge is 0.344 e. The predicted octanol–water partition coefficient (Wildman–Crippen LogP) is 1.55. The van der Waals surface area contributed by atoms with Crippen molar-refractivity contribution >= 4 is 5.91 Å². The molecule has 1 saturated carbocycles. The Kier molecular flexibility index (Phi) is 2.92. The van der Waals surface area contributed by atoms with E-state index in [0.717, 1.165) is 32.2 Å². The lowest BCUT2D eigenvalue weighted by Gasteiger charge is -2.18. The molecule has 3 heteroatoms. The first-order valence-electron chi connectivity index (χ1n) is 4.83. The summed E-state index contributed by atoms with van der Waals surface area (Å²) < 4.78 is 0. The van der Waals surface area contributed by atoms with Crippen LogP contribution in [-0.2, 0) is 4.79 Å². The maximum Gasteiger partial charge on any atom is 0.242 e. The lowest BCUT2D eigenvalue weighted by Crippen LogP contribution is -2.34. The first-order chi connectivity index (χ1) is 6.16. The highest BCUT2D eigenvalue weighted by molar-refractivity contribution is 5.88. The van der Waals surface area contributed by atoms with Crippen LogP contribution in [0.3, 0.4) is 0 Å². The molecule has 0 unspecified atom stereocenters. The zero-order chi connectivity index (χ0) is 9.90. The highest BCUT2D eigenvalue weighted by Crippen LogP contribution is 2.46. The lowest BCUT2D eigenvalue weighted by molar-refractivity contribution is -0.133. The second kappa shape index (κ2) is 3.78. The van der Waals surface area contributed by atoms with E-state index >= 15 is 0 Å². The van der Waals surface area contributed by atoms with Gasteiger partial charge < -0.3 is 4.90 Å². The Morgan fingerprint density at radius 3 is 2.62 bits per heavy atom. The molecule has 0 bridgehead atoms. The van der Waals surface area contributed by atoms with Gasteiger partial charge in [-0.1, -0.05) is 13.3 Å². The number of rotatable bonds is 4. The van der Waals surface area contributed by atoms with E-state index in [1.165, 1.54) is 0 Å². The number of carbonyl (C=O) groups excluding carboxylic acids is 1. The summed E-state index contributed by atoms with van der Waals surface area (Å²) in [5.74, 6) is 0.0171. The Morgan fingerprint density at radius 2 is 2.23 bits per heavy atom. The van der Waals surface area contributed by atoms with Crippen molar-refractivity contribution in [3.63, 3.8) is 0 Å². The molecule has 0 saturated heterocycles. The van der Waals surface area contributed by atoms with Gasteiger partial charge in [-0.25, -0.2) is 0 Å². The maximum absolute atomic E-state index is 11.7. The minimum Gasteiger partial charge on any atom is -0.344 e. The third kappa shape index (κ3) is 2.00. The molecular weight excluding hydrogens is 164 g/mol. The molecule has 1 aliphatic carbocycles. The molecule has 0 radical (unpaired) electrons. The Labute approximate surface area is 79.3 Å². The zero-order valence-corrected chi connectivity index (χ0v) is 8.34. The van der Waals surface area contributed by atoms with Crippen molar-refractivity contribution in [1.29, 1.82) is 5.26 Å². The first-order valence-corrected chi connectivity index (χ1v) is 4.83. The fourth-order valence-electron chi connectivity index (χ4n) is 1.36. The minimum absolute atomic E-state index is 0.0171. The monoisotopic (exact) mass is 180 g/mol. The Morgan fingerprint density at radius 1 is 1.62 bits per heavy atom. The van der Waals surface area contributed by atoms with Gasteiger partial charge in [0.15, 0.2) is 0 Å². The molecule has 72 valence electrons. The van der Waals surface area contributed by atoms with E-state index < -0.39 is 5.41 Å². The number of nitriles is 1. The predicted molar refractivity (Wildman–Crippen MR) is 49.8 cm³/mol. The molecule has 0 aromatic heterocycles. The average Bonchev–Trinajstić information content (AvgIpc) is 2.93. The minimum atomic E-state index is -0.636. The van der Waals surface area contributed by atoms with Gasteiger partial charge in [-0.3, -0.25) is 4.79 Å². The van der Waals surface area contributed by atoms with Crippen molar-refractivity contribution in [2.75, 3.05) is 13.6 Å². The quantitative estimate of drug-likeness (QED) is 0.658. The Hall–Kier alpha value is -1.04. The molecule has 3 nitrogen and oxygen atoms in total. The molecule has 0 spiro atoms. The summed E-state index contributed by atoms with van der Waals surface area (Å²) in [6.07, 6.45) is 3.60. The van der Waals surface area contributed by atoms with E-state index in [-0.39, 0.29) is 5.91 Å². The summed E-state index contributed by atoms with van der Waals surface area (Å²) in [4.78, 5) is 13.4. The van der Waals surface area contributed by atoms with Gasteiger partial charge in [0, 0.05) is 13.6 Å². The van der Waals surface area contributed by atoms with Crippen LogP contribution in [0.5, 0.6) is 0 Å². The van der Waals surface area contributed by atoms with Gasteiger partial charge in [-0.2, -0.15) is 5.26 Å². The number of carbonyl (C=O) groups is 1. The molecule has 1 amide bonds. The van der Waals surface area contributed by atoms with Crippen LogP contribution in [0.2, 0.25) is 0 Å². The highest BCUT2D eigenvalue weighted by atomic mass is 16.2. The number of nitrogens with zero attached hydrogens (tertiary/aromatic N) is 2. The molecular formula is C10H16N2O. The second-order valence-electron chi connectivity index (χ2n) is 3.77. The molecule has 0 aromatic rings. The van der Waals surface area contributed by atoms with Crippen LogP contribution in [0.4, 0.5) is 0 Å². The van der Waals surface area contributed by atoms with E-state index in [1.54, 1.807) is 11.9 Å². The van der Waals surface area contributed by atoms with Crippen molar-refractivity contribution in [3.8, 4) is 6.07 Å². The van der Waals surface area contributed by atoms with Gasteiger partial charge in [-0.15, -0.1) is 0 Å². The number of unbranched alkanes of at least 4 members (excludes halogenated alkanes) is 1. The van der Waals surface area contributed by atoms with Crippen LogP contribution in [0.25, 0.3) is 0 Å². The van der Waals surface area contributed by atoms with E-state index in [9.17, 15) is 4.79 Å². The van der Waals surface area contributed by atoms with E-state index in [4.69, 9.17) is 5.26 Å². The summed E-state index contributed by atoms with van der Waals surface area (Å²) in [5.41, 5.74) is -0.636. The summed E-state index contributed by atoms with van der Waals surface area (Å²) in [7, 11) is 1.79. The fraction of sp³-hybridized carbons (Fsp3) is 0.800. The molecule has 1 rings (SSSR count). The molecule has 1 fully saturated rings. The lowest BCUT2D eigenvalue weighted by atomic mass is 10.1. The molecule has 0 aromatic carbocycles. The van der Waals surface area contributed by atoms with Crippen LogP contribution in [0.1, 0.15) is 32.6 Å². The number of amides is 1. The van der Waals surface area contributed by atoms with Gasteiger partial charge in [0.2, 0.25) is 5.91 Å². The van der Waals surface area contributed by atoms with Crippen LogP contribution in [-0.4, -0.2) is 24.4 Å². The number of hydrogen-bond acceptors (Lipinski definition) is 2. The SMILES string of the molecule is CCCCN(C)C(=O)C1(C#N)CC1. The molecule has 13 heavy (non-hydrogen) atoms. The zero-order valence-electron chi connectivity index (χ0n) is 8.34. The van der Waals surface area contributed by atoms with Gasteiger partial charge in [-0.05, 0) is 19.3 Å². The van der Waals surface area contributed by atoms with Crippen molar-refractivity contribution < 1.29 is 4.79 Å². The third-order valence-corrected chi connectivity index (χ3v) is 2.57. The summed E-state index contributed by atoms with van der Waals surface area (Å²) in [6, 6.07) is 2.12. The van der Waals surface area contributed by atoms with E-state index in [0.29, 0.717) is 0 Å². The molecule has 0 aliphatic heterocycles. The Bertz CT molecular complexity index is 238. The highest BCUT2D eigenvalue weighted by Gasteiger charge is 2.51. The smallest absolute Gasteiger partial charge is 0.242 e. The van der Waals surface area contributed by atoms with Crippen LogP contribution < -0.4 is 0 Å². The summed E-state index contributed by atoms with van der Waals surface area (Å²) in [5, 5.41) is 8.80. The van der Waals surface area contributed by atoms with Crippen molar-refractivity contribution in [3.05, 3.63) is 0 Å². The Balaban J connectivity index is 2.44. The van der Waals surface area contributed by atoms with E-state index in [2.05, 4.69) is 13.0 Å². The van der Waals surface area contributed by atoms with Crippen molar-refractivity contribution in [2.45, 2.75) is 32.6 Å². The van der Waals surface area contributed by atoms with Crippen molar-refractivity contribution in [2.24, 2.45) is 5.41 Å². The summed E-state index contributed by atoms with van der Waals surface area (Å²) >= 11 is 0. The molecule has 0 heterocycles. The van der Waals surface area contributed by atoms with Crippen LogP contribution in [0, 0.1) is 16.7 Å². The van der Waals surface area contributed by atoms with Crippen LogP contribution in [0.15, 0.2) is 0 Å². The molecule has 1 aliphatic rings.